The van der Waals surface area contributed by atoms with Crippen LogP contribution < -0.4 is 5.32 Å². The van der Waals surface area contributed by atoms with Crippen LogP contribution in [0.5, 0.6) is 0 Å². The van der Waals surface area contributed by atoms with Gasteiger partial charge in [0.2, 0.25) is 5.91 Å². The zero-order valence-electron chi connectivity index (χ0n) is 16.6. The molecule has 1 saturated heterocycles. The number of aromatic nitrogens is 1. The van der Waals surface area contributed by atoms with Gasteiger partial charge in [0.05, 0.1) is 0 Å². The predicted octanol–water partition coefficient (Wildman–Crippen LogP) is 4.53. The Hall–Kier alpha value is -2.02. The van der Waals surface area contributed by atoms with Crippen molar-refractivity contribution in [3.8, 4) is 0 Å². The zero-order chi connectivity index (χ0) is 21.5. The number of benzene rings is 1. The number of amides is 1. The number of hydrogen-bond acceptors (Lipinski definition) is 4. The normalized spacial score (nSPS) is 31.9. The lowest BCUT2D eigenvalue weighted by atomic mass is 9.71. The van der Waals surface area contributed by atoms with E-state index < -0.39 is 23.2 Å². The smallest absolute Gasteiger partial charge is 0.250 e. The summed E-state index contributed by atoms with van der Waals surface area (Å²) in [6.45, 7) is 0.709. The molecule has 3 heterocycles. The minimum absolute atomic E-state index is 0.0789. The minimum atomic E-state index is -1.18. The molecule has 0 radical (unpaired) electrons. The molecule has 2 aliphatic carbocycles. The van der Waals surface area contributed by atoms with Crippen molar-refractivity contribution >= 4 is 40.6 Å². The van der Waals surface area contributed by atoms with Crippen molar-refractivity contribution in [2.75, 3.05) is 11.9 Å². The monoisotopic (exact) mass is 459 g/mol. The molecule has 1 N–H and O–H groups in total. The number of likely N-dealkylation sites (tertiary alicyclic amines) is 1. The fourth-order valence-corrected chi connectivity index (χ4v) is 6.48. The molecule has 6 rings (SSSR count). The highest BCUT2D eigenvalue weighted by molar-refractivity contribution is 6.31. The van der Waals surface area contributed by atoms with Gasteiger partial charge in [-0.15, -0.1) is 0 Å². The van der Waals surface area contributed by atoms with Crippen LogP contribution >= 0.6 is 23.2 Å². The lowest BCUT2D eigenvalue weighted by Gasteiger charge is -2.40. The number of ketones is 1. The summed E-state index contributed by atoms with van der Waals surface area (Å²) in [5.74, 6) is -1.48. The van der Waals surface area contributed by atoms with Crippen LogP contribution in [0, 0.1) is 17.7 Å². The number of anilines is 1. The van der Waals surface area contributed by atoms with E-state index in [1.54, 1.807) is 18.2 Å². The van der Waals surface area contributed by atoms with Gasteiger partial charge in [-0.05, 0) is 48.9 Å². The Morgan fingerprint density at radius 2 is 2.00 bits per heavy atom. The summed E-state index contributed by atoms with van der Waals surface area (Å²) >= 11 is 12.3. The van der Waals surface area contributed by atoms with E-state index in [4.69, 9.17) is 23.2 Å². The second-order valence-electron chi connectivity index (χ2n) is 9.09. The maximum Gasteiger partial charge on any atom is 0.250 e. The van der Waals surface area contributed by atoms with E-state index in [0.717, 1.165) is 18.4 Å². The van der Waals surface area contributed by atoms with Crippen LogP contribution in [0.2, 0.25) is 10.2 Å². The van der Waals surface area contributed by atoms with Crippen molar-refractivity contribution in [2.45, 2.75) is 43.2 Å². The largest absolute Gasteiger partial charge is 0.324 e. The molecule has 4 aliphatic rings. The predicted molar refractivity (Wildman–Crippen MR) is 115 cm³/mol. The van der Waals surface area contributed by atoms with Gasteiger partial charge in [-0.1, -0.05) is 29.3 Å². The van der Waals surface area contributed by atoms with Crippen molar-refractivity contribution in [3.63, 3.8) is 0 Å². The van der Waals surface area contributed by atoms with Gasteiger partial charge in [-0.3, -0.25) is 14.5 Å². The molecule has 1 amide bonds. The first kappa shape index (κ1) is 19.6. The second-order valence-corrected chi connectivity index (χ2v) is 9.88. The molecule has 2 aromatic rings. The van der Waals surface area contributed by atoms with E-state index in [9.17, 15) is 9.59 Å². The van der Waals surface area contributed by atoms with Gasteiger partial charge in [0.15, 0.2) is 11.0 Å². The molecule has 1 spiro atoms. The zero-order valence-corrected chi connectivity index (χ0v) is 18.1. The average Bonchev–Trinajstić information content (AvgIpc) is 3.33. The van der Waals surface area contributed by atoms with Crippen LogP contribution in [0.15, 0.2) is 30.5 Å². The third-order valence-corrected chi connectivity index (χ3v) is 7.98. The number of nitrogens with one attached hydrogen (secondary N) is 1. The van der Waals surface area contributed by atoms with Crippen molar-refractivity contribution in [3.05, 3.63) is 57.6 Å². The number of nitrogens with zero attached hydrogens (tertiary/aromatic N) is 2. The van der Waals surface area contributed by atoms with Gasteiger partial charge in [0.1, 0.15) is 11.3 Å². The highest BCUT2D eigenvalue weighted by Gasteiger charge is 2.69. The summed E-state index contributed by atoms with van der Waals surface area (Å²) in [5.41, 5.74) is 0.472. The van der Waals surface area contributed by atoms with Crippen LogP contribution in [0.3, 0.4) is 0 Å². The van der Waals surface area contributed by atoms with Gasteiger partial charge in [0.25, 0.3) is 0 Å². The lowest BCUT2D eigenvalue weighted by molar-refractivity contribution is -0.128. The first-order valence-electron chi connectivity index (χ1n) is 10.6. The van der Waals surface area contributed by atoms with Crippen molar-refractivity contribution < 1.29 is 14.0 Å². The SMILES string of the molecule is O=C1CC[C@H]2[C@@H]1[C@H](c1ccnc(Cl)c1F)[C@]1(C(=O)Nc3cc(Cl)ccc31)N2CC1CC1. The van der Waals surface area contributed by atoms with Crippen LogP contribution in [-0.2, 0) is 15.1 Å². The Labute approximate surface area is 188 Å². The molecule has 1 aromatic carbocycles. The number of carbonyl (C=O) groups is 2. The molecular weight excluding hydrogens is 440 g/mol. The van der Waals surface area contributed by atoms with E-state index in [0.29, 0.717) is 36.0 Å². The molecule has 2 aliphatic heterocycles. The maximum atomic E-state index is 15.4. The number of pyridine rings is 1. The van der Waals surface area contributed by atoms with E-state index >= 15 is 4.39 Å². The van der Waals surface area contributed by atoms with Crippen LogP contribution in [0.25, 0.3) is 0 Å². The van der Waals surface area contributed by atoms with E-state index in [2.05, 4.69) is 15.2 Å². The molecule has 8 heteroatoms. The molecule has 1 aromatic heterocycles. The summed E-state index contributed by atoms with van der Waals surface area (Å²) in [4.78, 5) is 33.0. The minimum Gasteiger partial charge on any atom is -0.324 e. The Kier molecular flexibility index (Phi) is 4.27. The molecular formula is C23H20Cl2FN3O2. The maximum absolute atomic E-state index is 15.4. The number of halogens is 3. The molecule has 0 unspecified atom stereocenters. The lowest BCUT2D eigenvalue weighted by Crippen LogP contribution is -2.52. The number of Topliss-reactive ketones (excluding diaryl/α,β-unsaturated/α-hetero) is 1. The van der Waals surface area contributed by atoms with Gasteiger partial charge >= 0.3 is 0 Å². The fraction of sp³-hybridized carbons (Fsp3) is 0.435. The molecule has 3 fully saturated rings. The third kappa shape index (κ3) is 2.62. The van der Waals surface area contributed by atoms with E-state index in [1.807, 2.05) is 6.07 Å². The highest BCUT2D eigenvalue weighted by atomic mass is 35.5. The molecule has 160 valence electrons. The van der Waals surface area contributed by atoms with Crippen molar-refractivity contribution in [1.82, 2.24) is 9.88 Å². The number of fused-ring (bicyclic) bond motifs is 3. The summed E-state index contributed by atoms with van der Waals surface area (Å²) in [6, 6.07) is 6.77. The standard InChI is InChI=1S/C23H20Cl2FN3O2/c24-12-3-4-14-15(9-12)28-22(31)23(14)19(13-7-8-27-21(25)20(13)26)18-16(5-6-17(18)30)29(23)10-11-1-2-11/h3-4,7-9,11,16,18-19H,1-2,5-6,10H2,(H,28,31)/t16-,18-,19-,23+/m0/s1. The quantitative estimate of drug-likeness (QED) is 0.684. The summed E-state index contributed by atoms with van der Waals surface area (Å²) in [5, 5.41) is 3.25. The number of carbonyl (C=O) groups excluding carboxylic acids is 2. The summed E-state index contributed by atoms with van der Waals surface area (Å²) in [7, 11) is 0. The van der Waals surface area contributed by atoms with Crippen molar-refractivity contribution in [2.24, 2.45) is 11.8 Å². The first-order valence-corrected chi connectivity index (χ1v) is 11.4. The first-order chi connectivity index (χ1) is 14.9. The summed E-state index contributed by atoms with van der Waals surface area (Å²) in [6.07, 6.45) is 4.77. The highest BCUT2D eigenvalue weighted by Crippen LogP contribution is 2.63. The van der Waals surface area contributed by atoms with Crippen LogP contribution in [0.1, 0.15) is 42.7 Å². The molecule has 4 atom stereocenters. The Bertz CT molecular complexity index is 1140. The van der Waals surface area contributed by atoms with Crippen molar-refractivity contribution in [1.29, 1.82) is 0 Å². The molecule has 2 saturated carbocycles. The van der Waals surface area contributed by atoms with Crippen LogP contribution in [-0.4, -0.2) is 34.2 Å². The van der Waals surface area contributed by atoms with E-state index in [-0.39, 0.29) is 28.4 Å². The van der Waals surface area contributed by atoms with E-state index in [1.165, 1.54) is 6.20 Å². The molecule has 5 nitrogen and oxygen atoms in total. The van der Waals surface area contributed by atoms with Crippen LogP contribution in [0.4, 0.5) is 10.1 Å². The topological polar surface area (TPSA) is 62.3 Å². The second kappa shape index (κ2) is 6.74. The number of rotatable bonds is 3. The van der Waals surface area contributed by atoms with Gasteiger partial charge in [0, 0.05) is 53.3 Å². The Morgan fingerprint density at radius 3 is 2.77 bits per heavy atom. The Balaban J connectivity index is 1.65. The Morgan fingerprint density at radius 1 is 1.19 bits per heavy atom. The van der Waals surface area contributed by atoms with Gasteiger partial charge in [-0.2, -0.15) is 0 Å². The fourth-order valence-electron chi connectivity index (χ4n) is 6.14. The van der Waals surface area contributed by atoms with Gasteiger partial charge < -0.3 is 5.32 Å². The number of hydrogen-bond donors (Lipinski definition) is 1. The van der Waals surface area contributed by atoms with Gasteiger partial charge in [-0.25, -0.2) is 9.37 Å². The molecule has 0 bridgehead atoms. The average molecular weight is 460 g/mol. The molecule has 31 heavy (non-hydrogen) atoms. The third-order valence-electron chi connectivity index (χ3n) is 7.49. The summed E-state index contributed by atoms with van der Waals surface area (Å²) < 4.78 is 15.4.